The summed E-state index contributed by atoms with van der Waals surface area (Å²) in [5, 5.41) is 4.57. The quantitative estimate of drug-likeness (QED) is 0.166. The van der Waals surface area contributed by atoms with Gasteiger partial charge in [0.05, 0.1) is 5.69 Å². The van der Waals surface area contributed by atoms with Crippen LogP contribution in [0, 0.1) is 0 Å². The summed E-state index contributed by atoms with van der Waals surface area (Å²) in [5.74, 6) is 0. The Balaban J connectivity index is 1.16. The molecule has 0 unspecified atom stereocenters. The second-order valence-electron chi connectivity index (χ2n) is 13.7. The van der Waals surface area contributed by atoms with Crippen LogP contribution in [0.4, 0.5) is 17.1 Å². The van der Waals surface area contributed by atoms with E-state index in [1.54, 1.807) is 0 Å². The van der Waals surface area contributed by atoms with Crippen molar-refractivity contribution in [2.24, 2.45) is 0 Å². The third-order valence-electron chi connectivity index (χ3n) is 10.5. The van der Waals surface area contributed by atoms with Crippen molar-refractivity contribution in [2.75, 3.05) is 4.90 Å². The van der Waals surface area contributed by atoms with Crippen LogP contribution in [0.5, 0.6) is 0 Å². The van der Waals surface area contributed by atoms with Crippen LogP contribution >= 0.6 is 0 Å². The zero-order valence-corrected chi connectivity index (χ0v) is 29.6. The number of hydrogen-bond donors (Lipinski definition) is 0. The summed E-state index contributed by atoms with van der Waals surface area (Å²) in [6.45, 7) is 0. The normalized spacial score (nSPS) is 11.3. The van der Waals surface area contributed by atoms with Gasteiger partial charge in [0.1, 0.15) is 11.2 Å². The van der Waals surface area contributed by atoms with E-state index in [4.69, 9.17) is 4.42 Å². The number of rotatable bonds is 7. The van der Waals surface area contributed by atoms with Crippen molar-refractivity contribution in [3.8, 4) is 44.5 Å². The summed E-state index contributed by atoms with van der Waals surface area (Å²) in [4.78, 5) is 2.38. The van der Waals surface area contributed by atoms with Crippen LogP contribution in [-0.4, -0.2) is 0 Å². The van der Waals surface area contributed by atoms with E-state index in [-0.39, 0.29) is 0 Å². The summed E-state index contributed by atoms with van der Waals surface area (Å²) >= 11 is 0. The third kappa shape index (κ3) is 5.62. The molecular weight excluding hydrogens is 655 g/mol. The van der Waals surface area contributed by atoms with E-state index < -0.39 is 0 Å². The van der Waals surface area contributed by atoms with E-state index >= 15 is 0 Å². The summed E-state index contributed by atoms with van der Waals surface area (Å²) in [6, 6.07) is 75.8. The molecule has 254 valence electrons. The highest BCUT2D eigenvalue weighted by Gasteiger charge is 2.21. The number of fused-ring (bicyclic) bond motifs is 5. The number of hydrogen-bond acceptors (Lipinski definition) is 2. The van der Waals surface area contributed by atoms with Crippen LogP contribution in [0.2, 0.25) is 0 Å². The molecule has 0 radical (unpaired) electrons. The molecule has 0 saturated carbocycles. The molecule has 0 saturated heterocycles. The van der Waals surface area contributed by atoms with Gasteiger partial charge >= 0.3 is 0 Å². The Morgan fingerprint density at radius 1 is 0.333 bits per heavy atom. The molecule has 0 amide bonds. The van der Waals surface area contributed by atoms with Crippen molar-refractivity contribution in [3.05, 3.63) is 212 Å². The van der Waals surface area contributed by atoms with Crippen molar-refractivity contribution in [2.45, 2.75) is 0 Å². The summed E-state index contributed by atoms with van der Waals surface area (Å²) in [7, 11) is 0. The SMILES string of the molecule is c1ccc(-c2ccc(N(c3ccc(-c4ccccc4)cc3)c3ccc(-c4cccc5oc6c7ccccc7ccc6c45)cc3-c3ccccc3)cc2)cc1. The van der Waals surface area contributed by atoms with Gasteiger partial charge in [-0.1, -0.05) is 164 Å². The molecule has 0 aliphatic carbocycles. The van der Waals surface area contributed by atoms with Crippen LogP contribution in [0.25, 0.3) is 77.2 Å². The maximum Gasteiger partial charge on any atom is 0.143 e. The van der Waals surface area contributed by atoms with E-state index in [1.165, 1.54) is 27.6 Å². The molecule has 0 bridgehead atoms. The summed E-state index contributed by atoms with van der Waals surface area (Å²) in [6.07, 6.45) is 0. The van der Waals surface area contributed by atoms with Crippen LogP contribution in [0.15, 0.2) is 217 Å². The first-order chi connectivity index (χ1) is 26.8. The van der Waals surface area contributed by atoms with E-state index in [0.29, 0.717) is 0 Å². The average Bonchev–Trinajstić information content (AvgIpc) is 3.65. The maximum atomic E-state index is 6.60. The highest BCUT2D eigenvalue weighted by atomic mass is 16.3. The summed E-state index contributed by atoms with van der Waals surface area (Å²) < 4.78 is 6.60. The first-order valence-electron chi connectivity index (χ1n) is 18.4. The van der Waals surface area contributed by atoms with Gasteiger partial charge in [-0.25, -0.2) is 0 Å². The Bertz CT molecular complexity index is 2810. The standard InChI is InChI=1S/C52H35NO/c1-4-13-36(14-5-1)38-23-29-43(30-24-38)53(44-31-25-39(26-32-44)37-15-6-2-7-16-37)49-34-28-42(35-48(49)40-17-8-3-9-18-40)45-21-12-22-50-51(45)47-33-27-41-19-10-11-20-46(41)52(47)54-50/h1-35H. The van der Waals surface area contributed by atoms with Gasteiger partial charge in [0.25, 0.3) is 0 Å². The Morgan fingerprint density at radius 3 is 1.50 bits per heavy atom. The zero-order valence-electron chi connectivity index (χ0n) is 29.6. The fraction of sp³-hybridized carbons (Fsp3) is 0. The molecule has 0 spiro atoms. The predicted octanol–water partition coefficient (Wildman–Crippen LogP) is 14.9. The van der Waals surface area contributed by atoms with Gasteiger partial charge in [0.2, 0.25) is 0 Å². The molecule has 1 heterocycles. The lowest BCUT2D eigenvalue weighted by Crippen LogP contribution is -2.11. The largest absolute Gasteiger partial charge is 0.455 e. The molecule has 0 atom stereocenters. The topological polar surface area (TPSA) is 16.4 Å². The van der Waals surface area contributed by atoms with Crippen molar-refractivity contribution in [3.63, 3.8) is 0 Å². The maximum absolute atomic E-state index is 6.60. The Labute approximate surface area is 314 Å². The minimum Gasteiger partial charge on any atom is -0.455 e. The lowest BCUT2D eigenvalue weighted by molar-refractivity contribution is 0.673. The van der Waals surface area contributed by atoms with Crippen LogP contribution in [-0.2, 0) is 0 Å². The number of benzene rings is 9. The highest BCUT2D eigenvalue weighted by Crippen LogP contribution is 2.45. The number of furan rings is 1. The lowest BCUT2D eigenvalue weighted by atomic mass is 9.93. The van der Waals surface area contributed by atoms with Gasteiger partial charge in [-0.05, 0) is 92.9 Å². The van der Waals surface area contributed by atoms with E-state index in [0.717, 1.165) is 66.6 Å². The zero-order chi connectivity index (χ0) is 35.8. The predicted molar refractivity (Wildman–Crippen MR) is 228 cm³/mol. The molecule has 10 rings (SSSR count). The van der Waals surface area contributed by atoms with Crippen LogP contribution < -0.4 is 4.90 Å². The van der Waals surface area contributed by atoms with Crippen molar-refractivity contribution < 1.29 is 4.42 Å². The first kappa shape index (κ1) is 31.6. The molecule has 2 heteroatoms. The molecular formula is C52H35NO. The molecule has 0 fully saturated rings. The Morgan fingerprint density at radius 2 is 0.870 bits per heavy atom. The summed E-state index contributed by atoms with van der Waals surface area (Å²) in [5.41, 5.74) is 14.4. The third-order valence-corrected chi connectivity index (χ3v) is 10.5. The second kappa shape index (κ2) is 13.4. The monoisotopic (exact) mass is 689 g/mol. The van der Waals surface area contributed by atoms with Crippen molar-refractivity contribution >= 4 is 49.8 Å². The van der Waals surface area contributed by atoms with Gasteiger partial charge in [0, 0.05) is 33.1 Å². The molecule has 0 aliphatic heterocycles. The number of anilines is 3. The van der Waals surface area contributed by atoms with Gasteiger partial charge in [0.15, 0.2) is 0 Å². The molecule has 0 aliphatic rings. The van der Waals surface area contributed by atoms with Gasteiger partial charge in [-0.15, -0.1) is 0 Å². The van der Waals surface area contributed by atoms with Gasteiger partial charge in [-0.2, -0.15) is 0 Å². The van der Waals surface area contributed by atoms with Gasteiger partial charge in [-0.3, -0.25) is 0 Å². The lowest BCUT2D eigenvalue weighted by Gasteiger charge is -2.29. The molecule has 0 N–H and O–H groups in total. The average molecular weight is 690 g/mol. The molecule has 9 aromatic carbocycles. The fourth-order valence-electron chi connectivity index (χ4n) is 7.84. The minimum atomic E-state index is 0.892. The van der Waals surface area contributed by atoms with E-state index in [1.807, 2.05) is 0 Å². The van der Waals surface area contributed by atoms with E-state index in [2.05, 4.69) is 217 Å². The highest BCUT2D eigenvalue weighted by molar-refractivity contribution is 6.19. The number of nitrogens with zero attached hydrogens (tertiary/aromatic N) is 1. The van der Waals surface area contributed by atoms with Crippen LogP contribution in [0.1, 0.15) is 0 Å². The Kier molecular flexibility index (Phi) is 7.85. The fourth-order valence-corrected chi connectivity index (χ4v) is 7.84. The van der Waals surface area contributed by atoms with E-state index in [9.17, 15) is 0 Å². The smallest absolute Gasteiger partial charge is 0.143 e. The molecule has 10 aromatic rings. The van der Waals surface area contributed by atoms with Gasteiger partial charge < -0.3 is 9.32 Å². The minimum absolute atomic E-state index is 0.892. The molecule has 2 nitrogen and oxygen atoms in total. The van der Waals surface area contributed by atoms with Crippen molar-refractivity contribution in [1.82, 2.24) is 0 Å². The molecule has 1 aromatic heterocycles. The second-order valence-corrected chi connectivity index (χ2v) is 13.7. The van der Waals surface area contributed by atoms with Crippen LogP contribution in [0.3, 0.4) is 0 Å². The first-order valence-corrected chi connectivity index (χ1v) is 18.4. The molecule has 54 heavy (non-hydrogen) atoms. The van der Waals surface area contributed by atoms with Crippen molar-refractivity contribution in [1.29, 1.82) is 0 Å². The Hall–Kier alpha value is -7.16.